The number of nitrogens with one attached hydrogen (secondary N) is 1. The molecule has 1 saturated heterocycles. The summed E-state index contributed by atoms with van der Waals surface area (Å²) in [6.07, 6.45) is 3.92. The van der Waals surface area contributed by atoms with Gasteiger partial charge in [-0.1, -0.05) is 26.7 Å². The Hall–Kier alpha value is -0.0800. The lowest BCUT2D eigenvalue weighted by Crippen LogP contribution is -2.41. The van der Waals surface area contributed by atoms with Crippen molar-refractivity contribution in [1.82, 2.24) is 10.2 Å². The summed E-state index contributed by atoms with van der Waals surface area (Å²) in [5, 5.41) is 3.77. The molecule has 1 rings (SSSR count). The number of likely N-dealkylation sites (tertiary alicyclic amines) is 1. The molecule has 1 aliphatic heterocycles. The van der Waals surface area contributed by atoms with Gasteiger partial charge < -0.3 is 10.2 Å². The van der Waals surface area contributed by atoms with E-state index in [-0.39, 0.29) is 0 Å². The minimum absolute atomic E-state index is 0.682. The molecule has 0 aromatic carbocycles. The van der Waals surface area contributed by atoms with Crippen LogP contribution in [0.4, 0.5) is 0 Å². The zero-order chi connectivity index (χ0) is 10.6. The predicted octanol–water partition coefficient (Wildman–Crippen LogP) is 2.10. The SMILES string of the molecule is CCC(CC)C(C)NC1CCN(C)C1. The van der Waals surface area contributed by atoms with Crippen LogP contribution in [0, 0.1) is 5.92 Å². The van der Waals surface area contributed by atoms with Gasteiger partial charge >= 0.3 is 0 Å². The van der Waals surface area contributed by atoms with Crippen molar-refractivity contribution in [3.05, 3.63) is 0 Å². The quantitative estimate of drug-likeness (QED) is 0.728. The van der Waals surface area contributed by atoms with Gasteiger partial charge in [-0.25, -0.2) is 0 Å². The third kappa shape index (κ3) is 3.25. The maximum Gasteiger partial charge on any atom is 0.0209 e. The highest BCUT2D eigenvalue weighted by molar-refractivity contribution is 4.83. The summed E-state index contributed by atoms with van der Waals surface area (Å²) in [5.41, 5.74) is 0. The first-order valence-electron chi connectivity index (χ1n) is 6.11. The van der Waals surface area contributed by atoms with E-state index in [0.29, 0.717) is 6.04 Å². The summed E-state index contributed by atoms with van der Waals surface area (Å²) < 4.78 is 0. The van der Waals surface area contributed by atoms with Crippen LogP contribution in [-0.4, -0.2) is 37.1 Å². The van der Waals surface area contributed by atoms with Crippen LogP contribution in [-0.2, 0) is 0 Å². The zero-order valence-electron chi connectivity index (χ0n) is 10.2. The first-order valence-corrected chi connectivity index (χ1v) is 6.11. The fraction of sp³-hybridized carbons (Fsp3) is 1.00. The highest BCUT2D eigenvalue weighted by atomic mass is 15.2. The van der Waals surface area contributed by atoms with Crippen LogP contribution >= 0.6 is 0 Å². The standard InChI is InChI=1S/C12H26N2/c1-5-11(6-2)10(3)13-12-7-8-14(4)9-12/h10-13H,5-9H2,1-4H3. The first kappa shape index (κ1) is 12.0. The van der Waals surface area contributed by atoms with Gasteiger partial charge in [0.2, 0.25) is 0 Å². The minimum Gasteiger partial charge on any atom is -0.310 e. The molecular formula is C12H26N2. The van der Waals surface area contributed by atoms with Crippen LogP contribution in [0.3, 0.4) is 0 Å². The molecule has 1 fully saturated rings. The van der Waals surface area contributed by atoms with Crippen LogP contribution in [0.2, 0.25) is 0 Å². The third-order valence-electron chi connectivity index (χ3n) is 3.65. The Balaban J connectivity index is 2.28. The Morgan fingerprint density at radius 1 is 1.36 bits per heavy atom. The zero-order valence-corrected chi connectivity index (χ0v) is 10.2. The van der Waals surface area contributed by atoms with Crippen molar-refractivity contribution in [2.75, 3.05) is 20.1 Å². The lowest BCUT2D eigenvalue weighted by atomic mass is 9.95. The fourth-order valence-electron chi connectivity index (χ4n) is 2.57. The van der Waals surface area contributed by atoms with E-state index in [0.717, 1.165) is 12.0 Å². The molecule has 2 heteroatoms. The van der Waals surface area contributed by atoms with Gasteiger partial charge in [0.15, 0.2) is 0 Å². The molecule has 2 nitrogen and oxygen atoms in total. The van der Waals surface area contributed by atoms with Crippen LogP contribution in [0.25, 0.3) is 0 Å². The van der Waals surface area contributed by atoms with Gasteiger partial charge in [-0.15, -0.1) is 0 Å². The molecule has 0 aromatic rings. The molecule has 1 N–H and O–H groups in total. The van der Waals surface area contributed by atoms with Gasteiger partial charge in [-0.05, 0) is 32.9 Å². The molecule has 14 heavy (non-hydrogen) atoms. The van der Waals surface area contributed by atoms with Crippen LogP contribution < -0.4 is 5.32 Å². The number of likely N-dealkylation sites (N-methyl/N-ethyl adjacent to an activating group) is 1. The second-order valence-corrected chi connectivity index (χ2v) is 4.78. The van der Waals surface area contributed by atoms with E-state index in [2.05, 4.69) is 38.0 Å². The largest absolute Gasteiger partial charge is 0.310 e. The van der Waals surface area contributed by atoms with Crippen molar-refractivity contribution in [1.29, 1.82) is 0 Å². The smallest absolute Gasteiger partial charge is 0.0209 e. The Kier molecular flexibility index (Phi) is 4.90. The molecule has 1 heterocycles. The van der Waals surface area contributed by atoms with Gasteiger partial charge in [0.05, 0.1) is 0 Å². The van der Waals surface area contributed by atoms with Crippen molar-refractivity contribution in [3.8, 4) is 0 Å². The molecule has 0 saturated carbocycles. The Morgan fingerprint density at radius 2 is 2.00 bits per heavy atom. The second-order valence-electron chi connectivity index (χ2n) is 4.78. The number of hydrogen-bond donors (Lipinski definition) is 1. The first-order chi connectivity index (χ1) is 6.67. The van der Waals surface area contributed by atoms with Gasteiger partial charge in [-0.2, -0.15) is 0 Å². The molecule has 2 atom stereocenters. The van der Waals surface area contributed by atoms with Crippen molar-refractivity contribution >= 4 is 0 Å². The lowest BCUT2D eigenvalue weighted by Gasteiger charge is -2.26. The summed E-state index contributed by atoms with van der Waals surface area (Å²) in [5.74, 6) is 0.848. The number of nitrogens with zero attached hydrogens (tertiary/aromatic N) is 1. The molecule has 0 spiro atoms. The van der Waals surface area contributed by atoms with Gasteiger partial charge in [0, 0.05) is 18.6 Å². The fourth-order valence-corrected chi connectivity index (χ4v) is 2.57. The predicted molar refractivity (Wildman–Crippen MR) is 62.6 cm³/mol. The molecule has 84 valence electrons. The molecule has 0 aliphatic carbocycles. The van der Waals surface area contributed by atoms with Crippen molar-refractivity contribution in [2.24, 2.45) is 5.92 Å². The molecule has 0 amide bonds. The van der Waals surface area contributed by atoms with E-state index in [1.54, 1.807) is 0 Å². The molecule has 0 aromatic heterocycles. The van der Waals surface area contributed by atoms with Crippen LogP contribution in [0.1, 0.15) is 40.0 Å². The van der Waals surface area contributed by atoms with E-state index < -0.39 is 0 Å². The van der Waals surface area contributed by atoms with E-state index in [1.807, 2.05) is 0 Å². The average molecular weight is 198 g/mol. The Morgan fingerprint density at radius 3 is 2.43 bits per heavy atom. The number of rotatable bonds is 5. The highest BCUT2D eigenvalue weighted by Gasteiger charge is 2.22. The second kappa shape index (κ2) is 5.72. The maximum absolute atomic E-state index is 3.77. The molecular weight excluding hydrogens is 172 g/mol. The van der Waals surface area contributed by atoms with Crippen molar-refractivity contribution < 1.29 is 0 Å². The summed E-state index contributed by atoms with van der Waals surface area (Å²) in [6.45, 7) is 9.42. The minimum atomic E-state index is 0.682. The average Bonchev–Trinajstić information content (AvgIpc) is 2.53. The molecule has 2 unspecified atom stereocenters. The normalized spacial score (nSPS) is 25.9. The third-order valence-corrected chi connectivity index (χ3v) is 3.65. The van der Waals surface area contributed by atoms with Gasteiger partial charge in [0.25, 0.3) is 0 Å². The monoisotopic (exact) mass is 198 g/mol. The molecule has 1 aliphatic rings. The van der Waals surface area contributed by atoms with E-state index in [4.69, 9.17) is 0 Å². The van der Waals surface area contributed by atoms with Gasteiger partial charge in [0.1, 0.15) is 0 Å². The molecule has 0 bridgehead atoms. The summed E-state index contributed by atoms with van der Waals surface area (Å²) in [7, 11) is 2.21. The Bertz CT molecular complexity index is 154. The van der Waals surface area contributed by atoms with Crippen LogP contribution in [0.5, 0.6) is 0 Å². The number of hydrogen-bond acceptors (Lipinski definition) is 2. The Labute approximate surface area is 89.1 Å². The van der Waals surface area contributed by atoms with E-state index in [1.165, 1.54) is 32.4 Å². The topological polar surface area (TPSA) is 15.3 Å². The van der Waals surface area contributed by atoms with Gasteiger partial charge in [-0.3, -0.25) is 0 Å². The summed E-state index contributed by atoms with van der Waals surface area (Å²) in [6, 6.07) is 1.41. The van der Waals surface area contributed by atoms with Crippen molar-refractivity contribution in [2.45, 2.75) is 52.1 Å². The highest BCUT2D eigenvalue weighted by Crippen LogP contribution is 2.15. The lowest BCUT2D eigenvalue weighted by molar-refractivity contribution is 0.315. The maximum atomic E-state index is 3.77. The van der Waals surface area contributed by atoms with E-state index >= 15 is 0 Å². The van der Waals surface area contributed by atoms with Crippen molar-refractivity contribution in [3.63, 3.8) is 0 Å². The molecule has 0 radical (unpaired) electrons. The van der Waals surface area contributed by atoms with E-state index in [9.17, 15) is 0 Å². The summed E-state index contributed by atoms with van der Waals surface area (Å²) >= 11 is 0. The van der Waals surface area contributed by atoms with Crippen LogP contribution in [0.15, 0.2) is 0 Å². The summed E-state index contributed by atoms with van der Waals surface area (Å²) in [4.78, 5) is 2.41.